The first-order valence-electron chi connectivity index (χ1n) is 7.39. The van der Waals surface area contributed by atoms with Gasteiger partial charge in [0, 0.05) is 30.9 Å². The highest BCUT2D eigenvalue weighted by Crippen LogP contribution is 2.24. The fourth-order valence-corrected chi connectivity index (χ4v) is 2.82. The van der Waals surface area contributed by atoms with Crippen LogP contribution >= 0.6 is 0 Å². The topological polar surface area (TPSA) is 63.9 Å². The van der Waals surface area contributed by atoms with Gasteiger partial charge in [0.15, 0.2) is 0 Å². The van der Waals surface area contributed by atoms with Gasteiger partial charge in [-0.15, -0.1) is 0 Å². The van der Waals surface area contributed by atoms with E-state index in [0.717, 1.165) is 22.5 Å². The van der Waals surface area contributed by atoms with Gasteiger partial charge in [-0.25, -0.2) is 9.97 Å². The monoisotopic (exact) mass is 305 g/mol. The van der Waals surface area contributed by atoms with E-state index in [1.165, 1.54) is 6.33 Å². The molecular formula is C17H15N5O. The number of hydrogen-bond acceptors (Lipinski definition) is 4. The van der Waals surface area contributed by atoms with Crippen LogP contribution in [0.5, 0.6) is 0 Å². The molecule has 3 heterocycles. The Kier molecular flexibility index (Phi) is 3.15. The van der Waals surface area contributed by atoms with Crippen molar-refractivity contribution in [1.82, 2.24) is 24.6 Å². The van der Waals surface area contributed by atoms with Gasteiger partial charge in [-0.2, -0.15) is 5.10 Å². The van der Waals surface area contributed by atoms with Crippen molar-refractivity contribution >= 4 is 5.91 Å². The summed E-state index contributed by atoms with van der Waals surface area (Å²) in [4.78, 5) is 22.8. The number of nitrogens with zero attached hydrogens (tertiary/aromatic N) is 5. The van der Waals surface area contributed by atoms with E-state index >= 15 is 0 Å². The van der Waals surface area contributed by atoms with Crippen LogP contribution in [0.2, 0.25) is 0 Å². The predicted molar refractivity (Wildman–Crippen MR) is 84.3 cm³/mol. The highest BCUT2D eigenvalue weighted by molar-refractivity contribution is 5.94. The molecule has 0 saturated carbocycles. The maximum Gasteiger partial charge on any atom is 0.272 e. The maximum atomic E-state index is 12.8. The summed E-state index contributed by atoms with van der Waals surface area (Å²) in [7, 11) is 1.79. The first-order chi connectivity index (χ1) is 11.2. The quantitative estimate of drug-likeness (QED) is 0.727. The van der Waals surface area contributed by atoms with Gasteiger partial charge in [0.1, 0.15) is 12.0 Å². The number of carbonyl (C=O) groups excluding carboxylic acids is 1. The average Bonchev–Trinajstić information content (AvgIpc) is 3.18. The fourth-order valence-electron chi connectivity index (χ4n) is 2.82. The molecule has 1 aromatic carbocycles. The summed E-state index contributed by atoms with van der Waals surface area (Å²) in [5.41, 5.74) is 4.29. The normalized spacial score (nSPS) is 13.2. The summed E-state index contributed by atoms with van der Waals surface area (Å²) >= 11 is 0. The van der Waals surface area contributed by atoms with Crippen LogP contribution in [0.25, 0.3) is 11.3 Å². The van der Waals surface area contributed by atoms with E-state index in [4.69, 9.17) is 0 Å². The predicted octanol–water partition coefficient (Wildman–Crippen LogP) is 2.03. The van der Waals surface area contributed by atoms with Crippen LogP contribution in [0.1, 0.15) is 21.7 Å². The lowest BCUT2D eigenvalue weighted by molar-refractivity contribution is 0.0739. The molecule has 114 valence electrons. The molecule has 3 aromatic rings. The number of benzene rings is 1. The second-order valence-corrected chi connectivity index (χ2v) is 5.56. The van der Waals surface area contributed by atoms with Crippen LogP contribution in [-0.4, -0.2) is 30.6 Å². The largest absolute Gasteiger partial charge is 0.327 e. The molecule has 0 radical (unpaired) electrons. The van der Waals surface area contributed by atoms with E-state index in [9.17, 15) is 4.79 Å². The number of hydrogen-bond donors (Lipinski definition) is 0. The molecule has 1 aliphatic rings. The summed E-state index contributed by atoms with van der Waals surface area (Å²) in [6.07, 6.45) is 3.29. The van der Waals surface area contributed by atoms with E-state index in [2.05, 4.69) is 15.1 Å². The third kappa shape index (κ3) is 2.38. The second kappa shape index (κ2) is 5.31. The first-order valence-corrected chi connectivity index (χ1v) is 7.39. The zero-order valence-corrected chi connectivity index (χ0v) is 12.7. The summed E-state index contributed by atoms with van der Waals surface area (Å²) in [6.45, 7) is 1.06. The molecule has 4 rings (SSSR count). The molecule has 0 aliphatic carbocycles. The molecule has 6 heteroatoms. The van der Waals surface area contributed by atoms with Gasteiger partial charge in [0.05, 0.1) is 17.9 Å². The molecule has 0 bridgehead atoms. The summed E-state index contributed by atoms with van der Waals surface area (Å²) in [5, 5.41) is 4.46. The number of rotatable bonds is 2. The molecule has 2 aromatic heterocycles. The smallest absolute Gasteiger partial charge is 0.272 e. The third-order valence-corrected chi connectivity index (χ3v) is 4.04. The van der Waals surface area contributed by atoms with E-state index in [1.54, 1.807) is 22.8 Å². The molecule has 0 atom stereocenters. The van der Waals surface area contributed by atoms with Gasteiger partial charge in [-0.1, -0.05) is 30.3 Å². The summed E-state index contributed by atoms with van der Waals surface area (Å²) in [5.74, 6) is -0.0415. The fraction of sp³-hybridized carbons (Fsp3) is 0.176. The van der Waals surface area contributed by atoms with E-state index in [1.807, 2.05) is 36.4 Å². The number of fused-ring (bicyclic) bond motifs is 1. The summed E-state index contributed by atoms with van der Waals surface area (Å²) in [6, 6.07) is 11.7. The van der Waals surface area contributed by atoms with E-state index in [-0.39, 0.29) is 5.91 Å². The Labute approximate surface area is 133 Å². The minimum atomic E-state index is -0.0415. The molecular weight excluding hydrogens is 290 g/mol. The van der Waals surface area contributed by atoms with Crippen LogP contribution in [0, 0.1) is 0 Å². The first kappa shape index (κ1) is 13.6. The number of carbonyl (C=O) groups is 1. The lowest BCUT2D eigenvalue weighted by Gasteiger charge is -2.14. The van der Waals surface area contributed by atoms with Crippen LogP contribution < -0.4 is 0 Å². The van der Waals surface area contributed by atoms with Crippen molar-refractivity contribution in [2.75, 3.05) is 0 Å². The minimum absolute atomic E-state index is 0.0415. The molecule has 1 aliphatic heterocycles. The Morgan fingerprint density at radius 3 is 2.78 bits per heavy atom. The molecule has 0 spiro atoms. The van der Waals surface area contributed by atoms with Crippen molar-refractivity contribution in [1.29, 1.82) is 0 Å². The van der Waals surface area contributed by atoms with Gasteiger partial charge in [-0.05, 0) is 6.07 Å². The van der Waals surface area contributed by atoms with Crippen LogP contribution in [0.4, 0.5) is 0 Å². The number of aryl methyl sites for hydroxylation is 1. The second-order valence-electron chi connectivity index (χ2n) is 5.56. The molecule has 0 fully saturated rings. The van der Waals surface area contributed by atoms with Crippen molar-refractivity contribution in [3.8, 4) is 11.3 Å². The average molecular weight is 305 g/mol. The van der Waals surface area contributed by atoms with Gasteiger partial charge in [0.25, 0.3) is 5.91 Å². The van der Waals surface area contributed by atoms with Crippen molar-refractivity contribution in [3.63, 3.8) is 0 Å². The van der Waals surface area contributed by atoms with Gasteiger partial charge >= 0.3 is 0 Å². The Bertz CT molecular complexity index is 847. The Hall–Kier alpha value is -3.02. The highest BCUT2D eigenvalue weighted by atomic mass is 16.2. The SMILES string of the molecule is Cn1nc(-c2ccccc2)cc1C(=O)N1Cc2cncnc2C1. The Balaban J connectivity index is 1.62. The van der Waals surface area contributed by atoms with Crippen LogP contribution in [0.3, 0.4) is 0 Å². The van der Waals surface area contributed by atoms with Gasteiger partial charge in [0.2, 0.25) is 0 Å². The molecule has 23 heavy (non-hydrogen) atoms. The van der Waals surface area contributed by atoms with Gasteiger partial charge in [-0.3, -0.25) is 9.48 Å². The lowest BCUT2D eigenvalue weighted by Crippen LogP contribution is -2.27. The lowest BCUT2D eigenvalue weighted by atomic mass is 10.1. The standard InChI is InChI=1S/C17H15N5O/c1-21-16(7-14(20-21)12-5-3-2-4-6-12)17(23)22-9-13-8-18-11-19-15(13)10-22/h2-8,11H,9-10H2,1H3. The molecule has 6 nitrogen and oxygen atoms in total. The molecule has 1 amide bonds. The van der Waals surface area contributed by atoms with Crippen molar-refractivity contribution in [2.45, 2.75) is 13.1 Å². The molecule has 0 N–H and O–H groups in total. The minimum Gasteiger partial charge on any atom is -0.327 e. The van der Waals surface area contributed by atoms with E-state index < -0.39 is 0 Å². The van der Waals surface area contributed by atoms with E-state index in [0.29, 0.717) is 18.8 Å². The zero-order chi connectivity index (χ0) is 15.8. The van der Waals surface area contributed by atoms with Gasteiger partial charge < -0.3 is 4.90 Å². The number of aromatic nitrogens is 4. The van der Waals surface area contributed by atoms with Crippen molar-refractivity contribution < 1.29 is 4.79 Å². The highest BCUT2D eigenvalue weighted by Gasteiger charge is 2.27. The Morgan fingerprint density at radius 2 is 2.00 bits per heavy atom. The Morgan fingerprint density at radius 1 is 1.17 bits per heavy atom. The van der Waals surface area contributed by atoms with Crippen LogP contribution in [-0.2, 0) is 20.1 Å². The summed E-state index contributed by atoms with van der Waals surface area (Å²) < 4.78 is 1.64. The zero-order valence-electron chi connectivity index (χ0n) is 12.7. The maximum absolute atomic E-state index is 12.8. The van der Waals surface area contributed by atoms with Crippen molar-refractivity contribution in [3.05, 3.63) is 65.9 Å². The molecule has 0 saturated heterocycles. The number of amides is 1. The third-order valence-electron chi connectivity index (χ3n) is 4.04. The van der Waals surface area contributed by atoms with Crippen molar-refractivity contribution in [2.24, 2.45) is 7.05 Å². The molecule has 0 unspecified atom stereocenters. The van der Waals surface area contributed by atoms with Crippen LogP contribution in [0.15, 0.2) is 48.9 Å².